The fraction of sp³-hybridized carbons (Fsp3) is 0.769. The number of nitrogens with one attached hydrogen (secondary N) is 2. The molecule has 1 rings (SSSR count). The molecule has 3 N–H and O–H groups in total. The molecule has 20 heavy (non-hydrogen) atoms. The molecule has 7 heteroatoms. The van der Waals surface area contributed by atoms with Gasteiger partial charge in [-0.2, -0.15) is 4.98 Å². The maximum atomic E-state index is 11.5. The van der Waals surface area contributed by atoms with Gasteiger partial charge in [0.25, 0.3) is 0 Å². The molecule has 0 saturated carbocycles. The van der Waals surface area contributed by atoms with Crippen molar-refractivity contribution in [2.45, 2.75) is 52.0 Å². The molecule has 0 aliphatic rings. The fourth-order valence-corrected chi connectivity index (χ4v) is 1.59. The minimum atomic E-state index is -0.223. The van der Waals surface area contributed by atoms with Gasteiger partial charge < -0.3 is 20.3 Å². The molecule has 1 aromatic heterocycles. The molecular weight excluding hydrogens is 260 g/mol. The van der Waals surface area contributed by atoms with Crippen LogP contribution in [0.15, 0.2) is 4.52 Å². The molecule has 0 radical (unpaired) electrons. The van der Waals surface area contributed by atoms with Crippen LogP contribution in [0.5, 0.6) is 0 Å². The average Bonchev–Trinajstić information content (AvgIpc) is 2.83. The third kappa shape index (κ3) is 6.01. The maximum absolute atomic E-state index is 11.5. The van der Waals surface area contributed by atoms with E-state index in [1.54, 1.807) is 0 Å². The molecule has 1 atom stereocenters. The lowest BCUT2D eigenvalue weighted by atomic mass is 10.2. The van der Waals surface area contributed by atoms with E-state index in [0.29, 0.717) is 31.1 Å². The molecule has 0 unspecified atom stereocenters. The summed E-state index contributed by atoms with van der Waals surface area (Å²) in [4.78, 5) is 15.7. The molecule has 0 saturated heterocycles. The number of hydrogen-bond acceptors (Lipinski definition) is 5. The van der Waals surface area contributed by atoms with E-state index in [4.69, 9.17) is 9.63 Å². The van der Waals surface area contributed by atoms with Crippen LogP contribution >= 0.6 is 0 Å². The number of aliphatic hydroxyl groups is 1. The third-order valence-electron chi connectivity index (χ3n) is 2.79. The molecular formula is C13H24N4O3. The SMILES string of the molecule is CC(C)c1noc(CCCNC(=O)N[C@H](C)CCO)n1. The lowest BCUT2D eigenvalue weighted by Gasteiger charge is -2.12. The smallest absolute Gasteiger partial charge is 0.314 e. The van der Waals surface area contributed by atoms with E-state index in [0.717, 1.165) is 6.42 Å². The van der Waals surface area contributed by atoms with Crippen molar-refractivity contribution in [1.82, 2.24) is 20.8 Å². The molecule has 7 nitrogen and oxygen atoms in total. The maximum Gasteiger partial charge on any atom is 0.314 e. The normalized spacial score (nSPS) is 12.4. The zero-order chi connectivity index (χ0) is 15.0. The number of aromatic nitrogens is 2. The quantitative estimate of drug-likeness (QED) is 0.623. The standard InChI is InChI=1S/C13H24N4O3/c1-9(2)12-16-11(20-17-12)5-4-7-14-13(19)15-10(3)6-8-18/h9-10,18H,4-8H2,1-3H3,(H2,14,15,19)/t10-/m1/s1. The van der Waals surface area contributed by atoms with Crippen LogP contribution in [0.2, 0.25) is 0 Å². The van der Waals surface area contributed by atoms with Gasteiger partial charge in [0.05, 0.1) is 0 Å². The first-order valence-corrected chi connectivity index (χ1v) is 7.00. The molecule has 1 aromatic rings. The number of carbonyl (C=O) groups is 1. The van der Waals surface area contributed by atoms with Crippen molar-refractivity contribution in [3.63, 3.8) is 0 Å². The summed E-state index contributed by atoms with van der Waals surface area (Å²) in [5, 5.41) is 18.1. The highest BCUT2D eigenvalue weighted by atomic mass is 16.5. The minimum absolute atomic E-state index is 0.0375. The van der Waals surface area contributed by atoms with E-state index >= 15 is 0 Å². The summed E-state index contributed by atoms with van der Waals surface area (Å²) in [5.74, 6) is 1.57. The van der Waals surface area contributed by atoms with Crippen LogP contribution in [-0.2, 0) is 6.42 Å². The molecule has 2 amide bonds. The highest BCUT2D eigenvalue weighted by Crippen LogP contribution is 2.10. The van der Waals surface area contributed by atoms with Gasteiger partial charge in [-0.1, -0.05) is 19.0 Å². The number of rotatable bonds is 8. The molecule has 0 spiro atoms. The summed E-state index contributed by atoms with van der Waals surface area (Å²) in [6.45, 7) is 6.47. The number of carbonyl (C=O) groups excluding carboxylic acids is 1. The molecule has 0 aliphatic carbocycles. The van der Waals surface area contributed by atoms with E-state index < -0.39 is 0 Å². The number of aryl methyl sites for hydroxylation is 1. The Hall–Kier alpha value is -1.63. The molecule has 0 aromatic carbocycles. The predicted molar refractivity (Wildman–Crippen MR) is 74.4 cm³/mol. The summed E-state index contributed by atoms with van der Waals surface area (Å²) in [6.07, 6.45) is 1.93. The Morgan fingerprint density at radius 3 is 2.75 bits per heavy atom. The van der Waals surface area contributed by atoms with Gasteiger partial charge >= 0.3 is 6.03 Å². The second-order valence-electron chi connectivity index (χ2n) is 5.12. The summed E-state index contributed by atoms with van der Waals surface area (Å²) in [6, 6.07) is -0.260. The van der Waals surface area contributed by atoms with Crippen LogP contribution in [0, 0.1) is 0 Å². The van der Waals surface area contributed by atoms with Gasteiger partial charge in [-0.25, -0.2) is 4.79 Å². The number of aliphatic hydroxyl groups excluding tert-OH is 1. The summed E-state index contributed by atoms with van der Waals surface area (Å²) in [7, 11) is 0. The van der Waals surface area contributed by atoms with Crippen LogP contribution in [0.3, 0.4) is 0 Å². The van der Waals surface area contributed by atoms with Crippen LogP contribution in [0.1, 0.15) is 51.2 Å². The summed E-state index contributed by atoms with van der Waals surface area (Å²) < 4.78 is 5.11. The first-order valence-electron chi connectivity index (χ1n) is 7.00. The summed E-state index contributed by atoms with van der Waals surface area (Å²) >= 11 is 0. The van der Waals surface area contributed by atoms with E-state index in [1.165, 1.54) is 0 Å². The van der Waals surface area contributed by atoms with Crippen LogP contribution in [0.4, 0.5) is 4.79 Å². The molecule has 0 bridgehead atoms. The second-order valence-corrected chi connectivity index (χ2v) is 5.12. The van der Waals surface area contributed by atoms with E-state index in [-0.39, 0.29) is 24.6 Å². The molecule has 1 heterocycles. The Labute approximate surface area is 119 Å². The van der Waals surface area contributed by atoms with Gasteiger partial charge in [-0.05, 0) is 19.8 Å². The second kappa shape index (κ2) is 8.52. The third-order valence-corrected chi connectivity index (χ3v) is 2.79. The van der Waals surface area contributed by atoms with Crippen molar-refractivity contribution in [1.29, 1.82) is 0 Å². The Balaban J connectivity index is 2.16. The first-order chi connectivity index (χ1) is 9.52. The first kappa shape index (κ1) is 16.4. The van der Waals surface area contributed by atoms with Gasteiger partial charge in [-0.3, -0.25) is 0 Å². The average molecular weight is 284 g/mol. The van der Waals surface area contributed by atoms with Gasteiger partial charge in [0.2, 0.25) is 5.89 Å². The summed E-state index contributed by atoms with van der Waals surface area (Å²) in [5.41, 5.74) is 0. The minimum Gasteiger partial charge on any atom is -0.396 e. The van der Waals surface area contributed by atoms with Crippen molar-refractivity contribution in [2.24, 2.45) is 0 Å². The van der Waals surface area contributed by atoms with Crippen LogP contribution in [-0.4, -0.2) is 40.5 Å². The molecule has 0 fully saturated rings. The van der Waals surface area contributed by atoms with Crippen molar-refractivity contribution >= 4 is 6.03 Å². The van der Waals surface area contributed by atoms with Crippen molar-refractivity contribution in [3.05, 3.63) is 11.7 Å². The molecule has 0 aliphatic heterocycles. The van der Waals surface area contributed by atoms with Gasteiger partial charge in [0.1, 0.15) is 0 Å². The topological polar surface area (TPSA) is 100 Å². The Morgan fingerprint density at radius 1 is 1.40 bits per heavy atom. The lowest BCUT2D eigenvalue weighted by molar-refractivity contribution is 0.231. The lowest BCUT2D eigenvalue weighted by Crippen LogP contribution is -2.41. The van der Waals surface area contributed by atoms with Crippen molar-refractivity contribution < 1.29 is 14.4 Å². The fourth-order valence-electron chi connectivity index (χ4n) is 1.59. The van der Waals surface area contributed by atoms with Crippen LogP contribution < -0.4 is 10.6 Å². The van der Waals surface area contributed by atoms with Crippen molar-refractivity contribution in [2.75, 3.05) is 13.2 Å². The number of urea groups is 1. The number of nitrogens with zero attached hydrogens (tertiary/aromatic N) is 2. The van der Waals surface area contributed by atoms with Crippen LogP contribution in [0.25, 0.3) is 0 Å². The monoisotopic (exact) mass is 284 g/mol. The zero-order valence-corrected chi connectivity index (χ0v) is 12.3. The predicted octanol–water partition coefficient (Wildman–Crippen LogP) is 1.20. The highest BCUT2D eigenvalue weighted by Gasteiger charge is 2.09. The van der Waals surface area contributed by atoms with Crippen molar-refractivity contribution in [3.8, 4) is 0 Å². The van der Waals surface area contributed by atoms with E-state index in [2.05, 4.69) is 20.8 Å². The largest absolute Gasteiger partial charge is 0.396 e. The van der Waals surface area contributed by atoms with Gasteiger partial charge in [0, 0.05) is 31.5 Å². The highest BCUT2D eigenvalue weighted by molar-refractivity contribution is 5.74. The number of amides is 2. The molecule has 114 valence electrons. The Bertz CT molecular complexity index is 406. The van der Waals surface area contributed by atoms with Gasteiger partial charge in [0.15, 0.2) is 5.82 Å². The van der Waals surface area contributed by atoms with E-state index in [1.807, 2.05) is 20.8 Å². The van der Waals surface area contributed by atoms with E-state index in [9.17, 15) is 4.79 Å². The Kier molecular flexibility index (Phi) is 7.00. The zero-order valence-electron chi connectivity index (χ0n) is 12.3. The Morgan fingerprint density at radius 2 is 2.15 bits per heavy atom. The number of hydrogen-bond donors (Lipinski definition) is 3. The van der Waals surface area contributed by atoms with Gasteiger partial charge in [-0.15, -0.1) is 0 Å².